The van der Waals surface area contributed by atoms with Crippen molar-refractivity contribution in [2.75, 3.05) is 30.9 Å². The average Bonchev–Trinajstić information content (AvgIpc) is 3.22. The Hall–Kier alpha value is -1.81. The van der Waals surface area contributed by atoms with Gasteiger partial charge in [0.25, 0.3) is 0 Å². The van der Waals surface area contributed by atoms with Crippen molar-refractivity contribution in [3.8, 4) is 0 Å². The van der Waals surface area contributed by atoms with Crippen LogP contribution < -0.4 is 16.0 Å². The number of nitrogens with zero attached hydrogens (tertiary/aromatic N) is 2. The number of aryl methyl sites for hydroxylation is 1. The van der Waals surface area contributed by atoms with Gasteiger partial charge in [-0.15, -0.1) is 24.8 Å². The molecule has 2 aliphatic heterocycles. The monoisotopic (exact) mass is 465 g/mol. The van der Waals surface area contributed by atoms with Crippen molar-refractivity contribution in [1.82, 2.24) is 15.3 Å². The molecule has 0 aliphatic carbocycles. The predicted octanol–water partition coefficient (Wildman–Crippen LogP) is 4.93. The summed E-state index contributed by atoms with van der Waals surface area (Å²) in [5.41, 5.74) is 2.31. The van der Waals surface area contributed by atoms with Crippen LogP contribution in [-0.4, -0.2) is 30.2 Å². The lowest BCUT2D eigenvalue weighted by molar-refractivity contribution is -0.137. The lowest BCUT2D eigenvalue weighted by Gasteiger charge is -2.18. The number of aromatic nitrogens is 2. The molecule has 11 heteroatoms. The van der Waals surface area contributed by atoms with E-state index in [1.807, 2.05) is 12.1 Å². The lowest BCUT2D eigenvalue weighted by Crippen LogP contribution is -2.18. The molecule has 2 bridgehead atoms. The first-order chi connectivity index (χ1) is 13.4. The van der Waals surface area contributed by atoms with E-state index in [2.05, 4.69) is 32.0 Å². The maximum atomic E-state index is 13.4. The Labute approximate surface area is 185 Å². The largest absolute Gasteiger partial charge is 0.421 e. The maximum Gasteiger partial charge on any atom is 0.421 e. The Balaban J connectivity index is 0.00000160. The van der Waals surface area contributed by atoms with Gasteiger partial charge in [0.05, 0.1) is 12.3 Å². The highest BCUT2D eigenvalue weighted by molar-refractivity contribution is 5.85. The van der Waals surface area contributed by atoms with Crippen LogP contribution in [0.2, 0.25) is 0 Å². The normalized spacial score (nSPS) is 19.0. The van der Waals surface area contributed by atoms with Crippen LogP contribution in [0.4, 0.5) is 30.6 Å². The molecular weight excluding hydrogens is 442 g/mol. The summed E-state index contributed by atoms with van der Waals surface area (Å²) in [6.07, 6.45) is -2.30. The fourth-order valence-corrected chi connectivity index (χ4v) is 4.00. The summed E-state index contributed by atoms with van der Waals surface area (Å²) in [4.78, 5) is 8.12. The van der Waals surface area contributed by atoms with Crippen LogP contribution in [0.1, 0.15) is 47.3 Å². The first-order valence-electron chi connectivity index (χ1n) is 9.22. The van der Waals surface area contributed by atoms with E-state index in [-0.39, 0.29) is 55.4 Å². The molecule has 6 nitrogen and oxygen atoms in total. The van der Waals surface area contributed by atoms with Crippen molar-refractivity contribution in [2.24, 2.45) is 0 Å². The van der Waals surface area contributed by atoms with Crippen LogP contribution in [-0.2, 0) is 10.9 Å². The second kappa shape index (κ2) is 9.55. The van der Waals surface area contributed by atoms with Gasteiger partial charge in [-0.1, -0.05) is 6.07 Å². The molecule has 3 N–H and O–H groups in total. The summed E-state index contributed by atoms with van der Waals surface area (Å²) in [5.74, 6) is -0.122. The fourth-order valence-electron chi connectivity index (χ4n) is 4.00. The number of anilines is 3. The Bertz CT molecular complexity index is 897. The summed E-state index contributed by atoms with van der Waals surface area (Å²) in [6, 6.07) is 6.76. The zero-order valence-corrected chi connectivity index (χ0v) is 18.1. The van der Waals surface area contributed by atoms with E-state index in [1.54, 1.807) is 0 Å². The third-order valence-electron chi connectivity index (χ3n) is 5.21. The van der Waals surface area contributed by atoms with Crippen molar-refractivity contribution >= 4 is 42.3 Å². The third-order valence-corrected chi connectivity index (χ3v) is 5.21. The van der Waals surface area contributed by atoms with Crippen molar-refractivity contribution in [3.05, 3.63) is 40.6 Å². The van der Waals surface area contributed by atoms with Crippen LogP contribution >= 0.6 is 24.8 Å². The number of alkyl halides is 3. The second-order valence-electron chi connectivity index (χ2n) is 7.09. The SMILES string of the molecule is COCCNc1nc(Nc2ccc3c(c2)C2CCC3N2)nc(C)c1C(F)(F)F.Cl.Cl. The molecule has 1 aromatic heterocycles. The van der Waals surface area contributed by atoms with Crippen LogP contribution in [0.5, 0.6) is 0 Å². The van der Waals surface area contributed by atoms with Gasteiger partial charge >= 0.3 is 6.18 Å². The molecule has 2 aromatic rings. The molecule has 0 saturated carbocycles. The lowest BCUT2D eigenvalue weighted by atomic mass is 9.91. The first-order valence-corrected chi connectivity index (χ1v) is 9.22. The Kier molecular flexibility index (Phi) is 7.79. The molecule has 0 amide bonds. The average molecular weight is 466 g/mol. The minimum atomic E-state index is -4.55. The summed E-state index contributed by atoms with van der Waals surface area (Å²) in [5, 5.41) is 9.31. The molecule has 2 aliphatic rings. The van der Waals surface area contributed by atoms with Crippen LogP contribution in [0.3, 0.4) is 0 Å². The second-order valence-corrected chi connectivity index (χ2v) is 7.09. The molecule has 30 heavy (non-hydrogen) atoms. The van der Waals surface area contributed by atoms with Crippen molar-refractivity contribution in [2.45, 2.75) is 38.0 Å². The molecule has 1 fully saturated rings. The molecule has 2 unspecified atom stereocenters. The smallest absolute Gasteiger partial charge is 0.383 e. The summed E-state index contributed by atoms with van der Waals surface area (Å²) < 4.78 is 45.2. The first kappa shape index (κ1) is 24.5. The number of fused-ring (bicyclic) bond motifs is 5. The van der Waals surface area contributed by atoms with E-state index in [0.717, 1.165) is 18.5 Å². The number of halogens is 5. The maximum absolute atomic E-state index is 13.4. The topological polar surface area (TPSA) is 71.1 Å². The number of benzene rings is 1. The van der Waals surface area contributed by atoms with Gasteiger partial charge < -0.3 is 20.7 Å². The zero-order valence-electron chi connectivity index (χ0n) is 16.5. The van der Waals surface area contributed by atoms with Gasteiger partial charge in [0.1, 0.15) is 11.4 Å². The summed E-state index contributed by atoms with van der Waals surface area (Å²) >= 11 is 0. The molecule has 0 radical (unpaired) electrons. The van der Waals surface area contributed by atoms with Crippen LogP contribution in [0, 0.1) is 6.92 Å². The van der Waals surface area contributed by atoms with Crippen LogP contribution in [0.25, 0.3) is 0 Å². The van der Waals surface area contributed by atoms with Gasteiger partial charge in [-0.2, -0.15) is 18.2 Å². The van der Waals surface area contributed by atoms with Gasteiger partial charge in [0.2, 0.25) is 5.95 Å². The quantitative estimate of drug-likeness (QED) is 0.525. The van der Waals surface area contributed by atoms with E-state index in [0.29, 0.717) is 12.1 Å². The van der Waals surface area contributed by atoms with Gasteiger partial charge in [-0.25, -0.2) is 4.98 Å². The molecule has 4 rings (SSSR count). The molecule has 0 spiro atoms. The third kappa shape index (κ3) is 4.74. The van der Waals surface area contributed by atoms with E-state index in [4.69, 9.17) is 4.74 Å². The summed E-state index contributed by atoms with van der Waals surface area (Å²) in [6.45, 7) is 1.81. The number of hydrogen-bond donors (Lipinski definition) is 3. The van der Waals surface area contributed by atoms with Crippen molar-refractivity contribution < 1.29 is 17.9 Å². The molecule has 3 heterocycles. The van der Waals surface area contributed by atoms with Crippen LogP contribution in [0.15, 0.2) is 18.2 Å². The van der Waals surface area contributed by atoms with Gasteiger partial charge in [-0.3, -0.25) is 0 Å². The standard InChI is InChI=1S/C19H22F3N5O.2ClH/c1-10-16(19(20,21)22)17(23-7-8-28-2)27-18(24-10)25-11-3-4-12-13(9-11)15-6-5-14(12)26-15;;/h3-4,9,14-15,26H,5-8H2,1-2H3,(H2,23,24,25,27);2*1H. The predicted molar refractivity (Wildman–Crippen MR) is 114 cm³/mol. The number of ether oxygens (including phenoxy) is 1. The highest BCUT2D eigenvalue weighted by atomic mass is 35.5. The molecule has 1 saturated heterocycles. The molecule has 1 aromatic carbocycles. The van der Waals surface area contributed by atoms with Gasteiger partial charge in [-0.05, 0) is 43.0 Å². The van der Waals surface area contributed by atoms with E-state index in [1.165, 1.54) is 25.2 Å². The number of hydrogen-bond acceptors (Lipinski definition) is 6. The van der Waals surface area contributed by atoms with E-state index in [9.17, 15) is 13.2 Å². The fraction of sp³-hybridized carbons (Fsp3) is 0.474. The molecule has 166 valence electrons. The van der Waals surface area contributed by atoms with Crippen molar-refractivity contribution in [3.63, 3.8) is 0 Å². The molecular formula is C19H24Cl2F3N5O. The number of methoxy groups -OCH3 is 1. The Morgan fingerprint density at radius 2 is 1.83 bits per heavy atom. The molecule has 2 atom stereocenters. The van der Waals surface area contributed by atoms with E-state index >= 15 is 0 Å². The Morgan fingerprint density at radius 1 is 1.13 bits per heavy atom. The zero-order chi connectivity index (χ0) is 19.9. The minimum absolute atomic E-state index is 0. The van der Waals surface area contributed by atoms with E-state index < -0.39 is 11.7 Å². The Morgan fingerprint density at radius 3 is 2.50 bits per heavy atom. The van der Waals surface area contributed by atoms with Gasteiger partial charge in [0.15, 0.2) is 0 Å². The highest BCUT2D eigenvalue weighted by Gasteiger charge is 2.38. The summed E-state index contributed by atoms with van der Waals surface area (Å²) in [7, 11) is 1.49. The minimum Gasteiger partial charge on any atom is -0.383 e. The van der Waals surface area contributed by atoms with Crippen molar-refractivity contribution in [1.29, 1.82) is 0 Å². The number of nitrogens with one attached hydrogen (secondary N) is 3. The van der Waals surface area contributed by atoms with Gasteiger partial charge in [0, 0.05) is 31.4 Å². The number of rotatable bonds is 6. The highest BCUT2D eigenvalue weighted by Crippen LogP contribution is 2.45.